The van der Waals surface area contributed by atoms with E-state index in [0.29, 0.717) is 5.69 Å². The van der Waals surface area contributed by atoms with E-state index >= 15 is 0 Å². The zero-order valence-corrected chi connectivity index (χ0v) is 16.5. The second kappa shape index (κ2) is 8.35. The molecule has 0 bridgehead atoms. The zero-order valence-electron chi connectivity index (χ0n) is 15.7. The van der Waals surface area contributed by atoms with E-state index in [1.54, 1.807) is 6.07 Å². The molecule has 0 aliphatic carbocycles. The maximum absolute atomic E-state index is 13.0. The molecule has 0 spiro atoms. The van der Waals surface area contributed by atoms with Crippen molar-refractivity contribution in [2.75, 3.05) is 44.2 Å². The highest BCUT2D eigenvalue weighted by Gasteiger charge is 2.31. The Morgan fingerprint density at radius 3 is 2.57 bits per heavy atom. The van der Waals surface area contributed by atoms with Crippen LogP contribution in [0.4, 0.5) is 18.9 Å². The number of rotatable bonds is 4. The van der Waals surface area contributed by atoms with Crippen molar-refractivity contribution in [1.29, 1.82) is 0 Å². The summed E-state index contributed by atoms with van der Waals surface area (Å²) in [5.74, 6) is 0. The van der Waals surface area contributed by atoms with Gasteiger partial charge in [-0.3, -0.25) is 0 Å². The second-order valence-electron chi connectivity index (χ2n) is 7.29. The molecule has 1 saturated heterocycles. The SMILES string of the molecule is FC(F)(F)c1cccc(N2CCCN(CCN3Cc4ccccc4S3)CC2)c1. The van der Waals surface area contributed by atoms with E-state index in [1.807, 2.05) is 11.9 Å². The van der Waals surface area contributed by atoms with Crippen LogP contribution in [0.3, 0.4) is 0 Å². The fourth-order valence-corrected chi connectivity index (χ4v) is 4.84. The predicted molar refractivity (Wildman–Crippen MR) is 107 cm³/mol. The summed E-state index contributed by atoms with van der Waals surface area (Å²) >= 11 is 1.82. The minimum absolute atomic E-state index is 0.572. The van der Waals surface area contributed by atoms with Crippen LogP contribution in [0, 0.1) is 0 Å². The molecule has 28 heavy (non-hydrogen) atoms. The van der Waals surface area contributed by atoms with Crippen molar-refractivity contribution in [3.8, 4) is 0 Å². The molecule has 2 aromatic rings. The maximum Gasteiger partial charge on any atom is 0.416 e. The van der Waals surface area contributed by atoms with Crippen molar-refractivity contribution < 1.29 is 13.2 Å². The lowest BCUT2D eigenvalue weighted by atomic mass is 10.1. The summed E-state index contributed by atoms with van der Waals surface area (Å²) in [5, 5.41) is 0. The van der Waals surface area contributed by atoms with Crippen LogP contribution < -0.4 is 4.90 Å². The number of hydrogen-bond acceptors (Lipinski definition) is 4. The number of alkyl halides is 3. The van der Waals surface area contributed by atoms with E-state index in [2.05, 4.69) is 38.4 Å². The van der Waals surface area contributed by atoms with E-state index in [1.165, 1.54) is 22.6 Å². The van der Waals surface area contributed by atoms with E-state index < -0.39 is 11.7 Å². The molecule has 2 aromatic carbocycles. The first kappa shape index (κ1) is 19.6. The molecule has 7 heteroatoms. The standard InChI is InChI=1S/C21H24F3N3S/c22-21(23,24)18-6-3-7-19(15-18)26-10-4-9-25(11-13-26)12-14-27-16-17-5-1-2-8-20(17)28-27/h1-3,5-8,15H,4,9-14,16H2. The Kier molecular flexibility index (Phi) is 5.85. The van der Waals surface area contributed by atoms with Crippen LogP contribution in [0.2, 0.25) is 0 Å². The fraction of sp³-hybridized carbons (Fsp3) is 0.429. The topological polar surface area (TPSA) is 9.72 Å². The first-order valence-corrected chi connectivity index (χ1v) is 10.4. The van der Waals surface area contributed by atoms with Gasteiger partial charge >= 0.3 is 6.18 Å². The smallest absolute Gasteiger partial charge is 0.370 e. The third-order valence-electron chi connectivity index (χ3n) is 5.34. The van der Waals surface area contributed by atoms with Gasteiger partial charge in [0.2, 0.25) is 0 Å². The Morgan fingerprint density at radius 1 is 0.893 bits per heavy atom. The van der Waals surface area contributed by atoms with Gasteiger partial charge in [-0.1, -0.05) is 24.3 Å². The lowest BCUT2D eigenvalue weighted by molar-refractivity contribution is -0.137. The van der Waals surface area contributed by atoms with Gasteiger partial charge in [0.25, 0.3) is 0 Å². The lowest BCUT2D eigenvalue weighted by Crippen LogP contribution is -2.34. The summed E-state index contributed by atoms with van der Waals surface area (Å²) in [7, 11) is 0. The molecule has 150 valence electrons. The molecule has 2 aliphatic rings. The quantitative estimate of drug-likeness (QED) is 0.677. The third-order valence-corrected chi connectivity index (χ3v) is 6.50. The minimum atomic E-state index is -4.29. The molecule has 2 heterocycles. The van der Waals surface area contributed by atoms with E-state index in [-0.39, 0.29) is 0 Å². The molecule has 0 unspecified atom stereocenters. The highest BCUT2D eigenvalue weighted by atomic mass is 32.2. The number of anilines is 1. The minimum Gasteiger partial charge on any atom is -0.370 e. The average Bonchev–Trinajstić information content (AvgIpc) is 2.95. The van der Waals surface area contributed by atoms with Gasteiger partial charge < -0.3 is 9.80 Å². The molecule has 0 N–H and O–H groups in total. The summed E-state index contributed by atoms with van der Waals surface area (Å²) in [6.07, 6.45) is -3.33. The van der Waals surface area contributed by atoms with Crippen LogP contribution in [0.25, 0.3) is 0 Å². The van der Waals surface area contributed by atoms with Crippen molar-refractivity contribution in [2.24, 2.45) is 0 Å². The average molecular weight is 408 g/mol. The van der Waals surface area contributed by atoms with Crippen molar-refractivity contribution in [1.82, 2.24) is 9.21 Å². The number of fused-ring (bicyclic) bond motifs is 1. The molecule has 2 aliphatic heterocycles. The second-order valence-corrected chi connectivity index (χ2v) is 8.43. The summed E-state index contributed by atoms with van der Waals surface area (Å²) in [6.45, 7) is 6.37. The molecule has 3 nitrogen and oxygen atoms in total. The van der Waals surface area contributed by atoms with E-state index in [0.717, 1.165) is 58.3 Å². The first-order chi connectivity index (χ1) is 13.5. The Bertz CT molecular complexity index is 786. The molecule has 4 rings (SSSR count). The Hall–Kier alpha value is -1.70. The number of hydrogen-bond donors (Lipinski definition) is 0. The monoisotopic (exact) mass is 407 g/mol. The molecule has 0 aromatic heterocycles. The zero-order chi connectivity index (χ0) is 19.6. The van der Waals surface area contributed by atoms with Gasteiger partial charge in [0.05, 0.1) is 5.56 Å². The van der Waals surface area contributed by atoms with Crippen LogP contribution in [0.1, 0.15) is 17.5 Å². The molecule has 0 amide bonds. The summed E-state index contributed by atoms with van der Waals surface area (Å²) in [5.41, 5.74) is 1.48. The molecule has 0 atom stereocenters. The van der Waals surface area contributed by atoms with Crippen molar-refractivity contribution in [3.63, 3.8) is 0 Å². The molecule has 0 radical (unpaired) electrons. The van der Waals surface area contributed by atoms with Crippen LogP contribution >= 0.6 is 11.9 Å². The first-order valence-electron chi connectivity index (χ1n) is 9.64. The van der Waals surface area contributed by atoms with Crippen LogP contribution in [0.15, 0.2) is 53.4 Å². The van der Waals surface area contributed by atoms with Gasteiger partial charge in [0.1, 0.15) is 0 Å². The van der Waals surface area contributed by atoms with Gasteiger partial charge in [0, 0.05) is 49.9 Å². The fourth-order valence-electron chi connectivity index (χ4n) is 3.79. The number of halogens is 3. The van der Waals surface area contributed by atoms with Gasteiger partial charge in [-0.15, -0.1) is 0 Å². The maximum atomic E-state index is 13.0. The van der Waals surface area contributed by atoms with E-state index in [9.17, 15) is 13.2 Å². The summed E-state index contributed by atoms with van der Waals surface area (Å²) in [6, 6.07) is 14.2. The van der Waals surface area contributed by atoms with Crippen LogP contribution in [0.5, 0.6) is 0 Å². The molecule has 1 fully saturated rings. The largest absolute Gasteiger partial charge is 0.416 e. The Morgan fingerprint density at radius 2 is 1.75 bits per heavy atom. The normalized spacial score (nSPS) is 18.9. The van der Waals surface area contributed by atoms with Gasteiger partial charge in [-0.25, -0.2) is 4.31 Å². The van der Waals surface area contributed by atoms with E-state index in [4.69, 9.17) is 0 Å². The Balaban J connectivity index is 1.30. The molecular formula is C21H24F3N3S. The highest BCUT2D eigenvalue weighted by molar-refractivity contribution is 7.97. The third kappa shape index (κ3) is 4.64. The van der Waals surface area contributed by atoms with Gasteiger partial charge in [-0.2, -0.15) is 13.2 Å². The highest BCUT2D eigenvalue weighted by Crippen LogP contribution is 2.35. The summed E-state index contributed by atoms with van der Waals surface area (Å²) < 4.78 is 41.4. The number of nitrogens with zero attached hydrogens (tertiary/aromatic N) is 3. The lowest BCUT2D eigenvalue weighted by Gasteiger charge is -2.25. The van der Waals surface area contributed by atoms with Crippen LogP contribution in [-0.2, 0) is 12.7 Å². The molecule has 0 saturated carbocycles. The molecular weight excluding hydrogens is 383 g/mol. The van der Waals surface area contributed by atoms with Gasteiger partial charge in [0.15, 0.2) is 0 Å². The summed E-state index contributed by atoms with van der Waals surface area (Å²) in [4.78, 5) is 5.85. The van der Waals surface area contributed by atoms with Gasteiger partial charge in [-0.05, 0) is 54.7 Å². The van der Waals surface area contributed by atoms with Crippen molar-refractivity contribution in [2.45, 2.75) is 24.0 Å². The predicted octanol–water partition coefficient (Wildman–Crippen LogP) is 4.74. The number of benzene rings is 2. The van der Waals surface area contributed by atoms with Crippen LogP contribution in [-0.4, -0.2) is 48.5 Å². The van der Waals surface area contributed by atoms with Crippen molar-refractivity contribution in [3.05, 3.63) is 59.7 Å². The Labute approximate surface area is 168 Å². The van der Waals surface area contributed by atoms with Crippen molar-refractivity contribution >= 4 is 17.6 Å².